The Hall–Kier alpha value is -1.38. The number of hydrogen-bond acceptors (Lipinski definition) is 3. The zero-order chi connectivity index (χ0) is 13.2. The highest BCUT2D eigenvalue weighted by molar-refractivity contribution is 5.68. The molecule has 0 aliphatic rings. The maximum absolute atomic E-state index is 5.91. The lowest BCUT2D eigenvalue weighted by molar-refractivity contribution is 0.415. The molecule has 3 nitrogen and oxygen atoms in total. The van der Waals surface area contributed by atoms with Crippen molar-refractivity contribution in [1.29, 1.82) is 0 Å². The molecular weight excluding hydrogens is 224 g/mol. The second-order valence-corrected chi connectivity index (χ2v) is 4.65. The number of nitrogens with one attached hydrogen (secondary N) is 1. The summed E-state index contributed by atoms with van der Waals surface area (Å²) in [6, 6.07) is 5.71. The maximum atomic E-state index is 5.91. The molecule has 0 saturated carbocycles. The molecule has 102 valence electrons. The van der Waals surface area contributed by atoms with Gasteiger partial charge in [0.1, 0.15) is 5.75 Å². The Balaban J connectivity index is 2.22. The molecule has 0 spiro atoms. The third-order valence-electron chi connectivity index (χ3n) is 3.11. The van der Waals surface area contributed by atoms with Gasteiger partial charge in [0.2, 0.25) is 0 Å². The summed E-state index contributed by atoms with van der Waals surface area (Å²) >= 11 is 0. The van der Waals surface area contributed by atoms with Gasteiger partial charge >= 0.3 is 0 Å². The normalized spacial score (nSPS) is 10.3. The van der Waals surface area contributed by atoms with Crippen LogP contribution < -0.4 is 15.8 Å². The highest BCUT2D eigenvalue weighted by Gasteiger charge is 2.00. The smallest absolute Gasteiger partial charge is 0.121 e. The first kappa shape index (κ1) is 14.7. The van der Waals surface area contributed by atoms with Crippen LogP contribution >= 0.6 is 0 Å². The van der Waals surface area contributed by atoms with Crippen LogP contribution in [0.4, 0.5) is 11.4 Å². The molecule has 0 aliphatic heterocycles. The molecule has 0 radical (unpaired) electrons. The van der Waals surface area contributed by atoms with Gasteiger partial charge in [0.25, 0.3) is 0 Å². The second kappa shape index (κ2) is 8.67. The van der Waals surface area contributed by atoms with Gasteiger partial charge in [-0.05, 0) is 18.6 Å². The summed E-state index contributed by atoms with van der Waals surface area (Å²) in [6.45, 7) is 3.22. The number of methoxy groups -OCH3 is 1. The van der Waals surface area contributed by atoms with Crippen molar-refractivity contribution in [3.8, 4) is 5.75 Å². The van der Waals surface area contributed by atoms with Gasteiger partial charge in [0.15, 0.2) is 0 Å². The van der Waals surface area contributed by atoms with E-state index >= 15 is 0 Å². The zero-order valence-corrected chi connectivity index (χ0v) is 11.7. The second-order valence-electron chi connectivity index (χ2n) is 4.65. The van der Waals surface area contributed by atoms with E-state index in [1.54, 1.807) is 7.11 Å². The number of ether oxygens (including phenoxy) is 1. The van der Waals surface area contributed by atoms with Crippen LogP contribution in [-0.2, 0) is 0 Å². The average Bonchev–Trinajstić information content (AvgIpc) is 2.39. The number of anilines is 2. The van der Waals surface area contributed by atoms with Crippen molar-refractivity contribution in [1.82, 2.24) is 0 Å². The van der Waals surface area contributed by atoms with Crippen molar-refractivity contribution in [3.63, 3.8) is 0 Å². The summed E-state index contributed by atoms with van der Waals surface area (Å²) in [5, 5.41) is 3.37. The van der Waals surface area contributed by atoms with Crippen molar-refractivity contribution in [2.45, 2.75) is 45.4 Å². The van der Waals surface area contributed by atoms with Gasteiger partial charge in [-0.2, -0.15) is 0 Å². The fraction of sp³-hybridized carbons (Fsp3) is 0.600. The number of rotatable bonds is 9. The van der Waals surface area contributed by atoms with Gasteiger partial charge in [-0.25, -0.2) is 0 Å². The van der Waals surface area contributed by atoms with E-state index in [4.69, 9.17) is 10.5 Å². The molecular formula is C15H26N2O. The molecule has 0 amide bonds. The minimum atomic E-state index is 0.779. The first-order valence-electron chi connectivity index (χ1n) is 6.95. The topological polar surface area (TPSA) is 47.3 Å². The van der Waals surface area contributed by atoms with Crippen LogP contribution in [0.3, 0.4) is 0 Å². The molecule has 0 fully saturated rings. The van der Waals surface area contributed by atoms with Crippen molar-refractivity contribution in [2.24, 2.45) is 0 Å². The van der Waals surface area contributed by atoms with Crippen molar-refractivity contribution < 1.29 is 4.74 Å². The fourth-order valence-electron chi connectivity index (χ4n) is 1.94. The van der Waals surface area contributed by atoms with Gasteiger partial charge in [-0.1, -0.05) is 39.0 Å². The standard InChI is InChI=1S/C15H26N2O/c1-3-4-5-6-7-8-11-17-15-12-13(18-2)9-10-14(15)16/h9-10,12,17H,3-8,11,16H2,1-2H3. The predicted octanol–water partition coefficient (Wildman–Crippen LogP) is 4.05. The number of benzene rings is 1. The Labute approximate surface area is 111 Å². The summed E-state index contributed by atoms with van der Waals surface area (Å²) in [6.07, 6.45) is 7.84. The molecule has 3 N–H and O–H groups in total. The summed E-state index contributed by atoms with van der Waals surface area (Å²) in [5.41, 5.74) is 7.66. The van der Waals surface area contributed by atoms with Crippen LogP contribution in [0, 0.1) is 0 Å². The van der Waals surface area contributed by atoms with Crippen molar-refractivity contribution in [3.05, 3.63) is 18.2 Å². The third-order valence-corrected chi connectivity index (χ3v) is 3.11. The molecule has 1 aromatic rings. The first-order valence-corrected chi connectivity index (χ1v) is 6.95. The molecule has 0 aliphatic carbocycles. The number of hydrogen-bond donors (Lipinski definition) is 2. The summed E-state index contributed by atoms with van der Waals surface area (Å²) in [4.78, 5) is 0. The van der Waals surface area contributed by atoms with E-state index in [2.05, 4.69) is 12.2 Å². The van der Waals surface area contributed by atoms with Crippen LogP contribution in [0.5, 0.6) is 5.75 Å². The molecule has 3 heteroatoms. The van der Waals surface area contributed by atoms with Crippen molar-refractivity contribution >= 4 is 11.4 Å². The number of unbranched alkanes of at least 4 members (excludes halogenated alkanes) is 5. The molecule has 0 bridgehead atoms. The maximum Gasteiger partial charge on any atom is 0.121 e. The lowest BCUT2D eigenvalue weighted by atomic mass is 10.1. The summed E-state index contributed by atoms with van der Waals surface area (Å²) in [5.74, 6) is 0.842. The average molecular weight is 250 g/mol. The van der Waals surface area contributed by atoms with Gasteiger partial charge in [-0.15, -0.1) is 0 Å². The third kappa shape index (κ3) is 5.30. The zero-order valence-electron chi connectivity index (χ0n) is 11.7. The molecule has 1 rings (SSSR count). The van der Waals surface area contributed by atoms with E-state index in [1.807, 2.05) is 18.2 Å². The molecule has 0 unspecified atom stereocenters. The SMILES string of the molecule is CCCCCCCCNc1cc(OC)ccc1N. The van der Waals surface area contributed by atoms with Crippen LogP contribution in [0.15, 0.2) is 18.2 Å². The van der Waals surface area contributed by atoms with Crippen molar-refractivity contribution in [2.75, 3.05) is 24.7 Å². The fourth-order valence-corrected chi connectivity index (χ4v) is 1.94. The van der Waals surface area contributed by atoms with E-state index in [9.17, 15) is 0 Å². The number of nitrogens with two attached hydrogens (primary N) is 1. The predicted molar refractivity (Wildman–Crippen MR) is 79.3 cm³/mol. The van der Waals surface area contributed by atoms with E-state index < -0.39 is 0 Å². The minimum absolute atomic E-state index is 0.779. The Morgan fingerprint density at radius 1 is 1.11 bits per heavy atom. The summed E-state index contributed by atoms with van der Waals surface area (Å²) < 4.78 is 5.19. The molecule has 18 heavy (non-hydrogen) atoms. The molecule has 0 atom stereocenters. The Morgan fingerprint density at radius 3 is 2.56 bits per heavy atom. The van der Waals surface area contributed by atoms with Gasteiger partial charge < -0.3 is 15.8 Å². The quantitative estimate of drug-likeness (QED) is 0.513. The molecule has 0 heterocycles. The largest absolute Gasteiger partial charge is 0.497 e. The lowest BCUT2D eigenvalue weighted by Gasteiger charge is -2.10. The van der Waals surface area contributed by atoms with E-state index in [1.165, 1.54) is 38.5 Å². The van der Waals surface area contributed by atoms with Gasteiger partial charge in [0, 0.05) is 12.6 Å². The molecule has 0 aromatic heterocycles. The van der Waals surface area contributed by atoms with Gasteiger partial charge in [-0.3, -0.25) is 0 Å². The van der Waals surface area contributed by atoms with E-state index in [-0.39, 0.29) is 0 Å². The number of nitrogen functional groups attached to an aromatic ring is 1. The van der Waals surface area contributed by atoms with E-state index in [0.29, 0.717) is 0 Å². The van der Waals surface area contributed by atoms with Gasteiger partial charge in [0.05, 0.1) is 18.5 Å². The summed E-state index contributed by atoms with van der Waals surface area (Å²) in [7, 11) is 1.67. The van der Waals surface area contributed by atoms with E-state index in [0.717, 1.165) is 23.7 Å². The Kier molecular flexibility index (Phi) is 7.07. The highest BCUT2D eigenvalue weighted by atomic mass is 16.5. The Morgan fingerprint density at radius 2 is 1.83 bits per heavy atom. The van der Waals surface area contributed by atoms with Crippen LogP contribution in [-0.4, -0.2) is 13.7 Å². The molecule has 1 aromatic carbocycles. The van der Waals surface area contributed by atoms with Crippen LogP contribution in [0.25, 0.3) is 0 Å². The molecule has 0 saturated heterocycles. The highest BCUT2D eigenvalue weighted by Crippen LogP contribution is 2.24. The monoisotopic (exact) mass is 250 g/mol. The Bertz CT molecular complexity index is 339. The van der Waals surface area contributed by atoms with Crippen LogP contribution in [0.1, 0.15) is 45.4 Å². The van der Waals surface area contributed by atoms with Crippen LogP contribution in [0.2, 0.25) is 0 Å². The minimum Gasteiger partial charge on any atom is -0.497 e. The lowest BCUT2D eigenvalue weighted by Crippen LogP contribution is -2.04. The first-order chi connectivity index (χ1) is 8.77.